The maximum absolute atomic E-state index is 7.46. The molecule has 0 amide bonds. The summed E-state index contributed by atoms with van der Waals surface area (Å²) in [6, 6.07) is 3.96. The van der Waals surface area contributed by atoms with Crippen molar-refractivity contribution in [2.24, 2.45) is 11.1 Å². The fraction of sp³-hybridized carbons (Fsp3) is 0.625. The van der Waals surface area contributed by atoms with E-state index in [-0.39, 0.29) is 5.84 Å². The fourth-order valence-electron chi connectivity index (χ4n) is 3.12. The first kappa shape index (κ1) is 15.0. The average molecular weight is 274 g/mol. The van der Waals surface area contributed by atoms with Gasteiger partial charge in [-0.2, -0.15) is 0 Å². The van der Waals surface area contributed by atoms with E-state index in [9.17, 15) is 0 Å². The van der Waals surface area contributed by atoms with Crippen molar-refractivity contribution in [3.8, 4) is 0 Å². The second-order valence-corrected chi connectivity index (χ2v) is 5.95. The van der Waals surface area contributed by atoms with Crippen molar-refractivity contribution in [3.63, 3.8) is 0 Å². The van der Waals surface area contributed by atoms with Gasteiger partial charge in [-0.05, 0) is 49.0 Å². The van der Waals surface area contributed by atoms with Gasteiger partial charge in [0.25, 0.3) is 0 Å². The molecular weight excluding hydrogens is 248 g/mol. The number of nitrogens with two attached hydrogens (primary N) is 1. The molecule has 1 aromatic rings. The molecule has 0 radical (unpaired) electrons. The highest BCUT2D eigenvalue weighted by Gasteiger charge is 2.30. The molecule has 4 nitrogen and oxygen atoms in total. The number of nitrogens with zero attached hydrogens (tertiary/aromatic N) is 2. The molecule has 2 rings (SSSR count). The number of amidine groups is 1. The molecule has 0 spiro atoms. The van der Waals surface area contributed by atoms with Crippen LogP contribution in [-0.4, -0.2) is 28.8 Å². The number of hydrogen-bond donors (Lipinski definition) is 2. The normalized spacial score (nSPS) is 18.9. The number of aromatic nitrogens is 1. The molecule has 0 atom stereocenters. The minimum Gasteiger partial charge on any atom is -0.382 e. The van der Waals surface area contributed by atoms with E-state index in [0.717, 1.165) is 6.54 Å². The van der Waals surface area contributed by atoms with Crippen molar-refractivity contribution >= 4 is 5.84 Å². The summed E-state index contributed by atoms with van der Waals surface area (Å²) < 4.78 is 0. The predicted octanol–water partition coefficient (Wildman–Crippen LogP) is 2.77. The molecule has 4 heteroatoms. The maximum atomic E-state index is 7.46. The topological polar surface area (TPSA) is 66.0 Å². The van der Waals surface area contributed by atoms with Gasteiger partial charge in [-0.1, -0.05) is 26.7 Å². The zero-order valence-corrected chi connectivity index (χ0v) is 12.7. The third kappa shape index (κ3) is 3.37. The second kappa shape index (κ2) is 6.35. The molecule has 110 valence electrons. The number of rotatable bonds is 5. The molecule has 0 bridgehead atoms. The molecule has 1 saturated heterocycles. The number of likely N-dealkylation sites (tertiary alicyclic amines) is 1. The molecule has 0 aliphatic carbocycles. The van der Waals surface area contributed by atoms with Gasteiger partial charge in [0.15, 0.2) is 0 Å². The fourth-order valence-corrected chi connectivity index (χ4v) is 3.12. The highest BCUT2D eigenvalue weighted by Crippen LogP contribution is 2.38. The lowest BCUT2D eigenvalue weighted by Gasteiger charge is -2.41. The number of pyridine rings is 1. The molecule has 20 heavy (non-hydrogen) atoms. The summed E-state index contributed by atoms with van der Waals surface area (Å²) in [5.74, 6) is 0.0430. The second-order valence-electron chi connectivity index (χ2n) is 5.95. The zero-order valence-electron chi connectivity index (χ0n) is 12.7. The number of piperidine rings is 1. The number of nitrogen functional groups attached to an aromatic ring is 1. The van der Waals surface area contributed by atoms with Crippen LogP contribution in [0.2, 0.25) is 0 Å². The number of hydrogen-bond acceptors (Lipinski definition) is 3. The van der Waals surface area contributed by atoms with E-state index < -0.39 is 0 Å². The minimum atomic E-state index is 0.0430. The summed E-state index contributed by atoms with van der Waals surface area (Å²) in [7, 11) is 0. The van der Waals surface area contributed by atoms with Gasteiger partial charge in [0.05, 0.1) is 0 Å². The smallest absolute Gasteiger partial charge is 0.141 e. The molecule has 0 saturated carbocycles. The summed E-state index contributed by atoms with van der Waals surface area (Å²) in [5, 5.41) is 7.46. The molecule has 1 aromatic heterocycles. The standard InChI is InChI=1S/C16H26N4/c1-3-16(4-2)6-9-20(10-7-16)12-13-5-8-19-14(11-13)15(17)18/h5,8,11H,3-4,6-7,9-10,12H2,1-2H3,(H3,17,18). The Morgan fingerprint density at radius 1 is 1.35 bits per heavy atom. The van der Waals surface area contributed by atoms with Crippen molar-refractivity contribution in [1.29, 1.82) is 5.41 Å². The Balaban J connectivity index is 1.96. The first-order valence-electron chi connectivity index (χ1n) is 7.60. The third-order valence-electron chi connectivity index (χ3n) is 4.92. The average Bonchev–Trinajstić information content (AvgIpc) is 2.49. The van der Waals surface area contributed by atoms with E-state index >= 15 is 0 Å². The van der Waals surface area contributed by atoms with Crippen LogP contribution < -0.4 is 5.73 Å². The SMILES string of the molecule is CCC1(CC)CCN(Cc2ccnc(C(=N)N)c2)CC1. The van der Waals surface area contributed by atoms with Crippen molar-refractivity contribution in [2.45, 2.75) is 46.1 Å². The molecular formula is C16H26N4. The molecule has 0 unspecified atom stereocenters. The highest BCUT2D eigenvalue weighted by atomic mass is 15.1. The number of nitrogens with one attached hydrogen (secondary N) is 1. The van der Waals surface area contributed by atoms with E-state index in [2.05, 4.69) is 23.7 Å². The summed E-state index contributed by atoms with van der Waals surface area (Å²) in [5.41, 5.74) is 7.84. The molecule has 2 heterocycles. The predicted molar refractivity (Wildman–Crippen MR) is 82.8 cm³/mol. The summed E-state index contributed by atoms with van der Waals surface area (Å²) in [6.07, 6.45) is 6.93. The Bertz CT molecular complexity index is 455. The molecule has 0 aromatic carbocycles. The van der Waals surface area contributed by atoms with E-state index in [4.69, 9.17) is 11.1 Å². The quantitative estimate of drug-likeness (QED) is 0.641. The van der Waals surface area contributed by atoms with Crippen LogP contribution in [0.4, 0.5) is 0 Å². The van der Waals surface area contributed by atoms with Gasteiger partial charge >= 0.3 is 0 Å². The van der Waals surface area contributed by atoms with Gasteiger partial charge in [-0.15, -0.1) is 0 Å². The lowest BCUT2D eigenvalue weighted by molar-refractivity contribution is 0.0909. The largest absolute Gasteiger partial charge is 0.382 e. The van der Waals surface area contributed by atoms with Gasteiger partial charge in [0, 0.05) is 12.7 Å². The van der Waals surface area contributed by atoms with Crippen molar-refractivity contribution in [3.05, 3.63) is 29.6 Å². The lowest BCUT2D eigenvalue weighted by atomic mass is 9.74. The van der Waals surface area contributed by atoms with Gasteiger partial charge in [0.1, 0.15) is 11.5 Å². The van der Waals surface area contributed by atoms with Gasteiger partial charge in [-0.25, -0.2) is 0 Å². The van der Waals surface area contributed by atoms with Crippen LogP contribution in [0.3, 0.4) is 0 Å². The van der Waals surface area contributed by atoms with Crippen LogP contribution in [0.1, 0.15) is 50.8 Å². The Morgan fingerprint density at radius 3 is 2.55 bits per heavy atom. The van der Waals surface area contributed by atoms with Crippen LogP contribution in [0.15, 0.2) is 18.3 Å². The van der Waals surface area contributed by atoms with Crippen LogP contribution in [0.5, 0.6) is 0 Å². The van der Waals surface area contributed by atoms with E-state index in [1.165, 1.54) is 44.3 Å². The Morgan fingerprint density at radius 2 is 2.00 bits per heavy atom. The summed E-state index contributed by atoms with van der Waals surface area (Å²) >= 11 is 0. The van der Waals surface area contributed by atoms with Gasteiger partial charge in [-0.3, -0.25) is 15.3 Å². The van der Waals surface area contributed by atoms with Crippen molar-refractivity contribution < 1.29 is 0 Å². The van der Waals surface area contributed by atoms with Gasteiger partial charge in [0.2, 0.25) is 0 Å². The summed E-state index contributed by atoms with van der Waals surface area (Å²) in [4.78, 5) is 6.62. The minimum absolute atomic E-state index is 0.0430. The van der Waals surface area contributed by atoms with E-state index in [1.54, 1.807) is 6.20 Å². The van der Waals surface area contributed by atoms with E-state index in [1.807, 2.05) is 12.1 Å². The highest BCUT2D eigenvalue weighted by molar-refractivity contribution is 5.93. The van der Waals surface area contributed by atoms with Crippen LogP contribution in [-0.2, 0) is 6.54 Å². The van der Waals surface area contributed by atoms with Crippen molar-refractivity contribution in [1.82, 2.24) is 9.88 Å². The molecule has 1 fully saturated rings. The van der Waals surface area contributed by atoms with Crippen molar-refractivity contribution in [2.75, 3.05) is 13.1 Å². The Hall–Kier alpha value is -1.42. The molecule has 1 aliphatic rings. The third-order valence-corrected chi connectivity index (χ3v) is 4.92. The molecule has 3 N–H and O–H groups in total. The Labute approximate surface area is 121 Å². The summed E-state index contributed by atoms with van der Waals surface area (Å²) in [6.45, 7) is 7.91. The molecule has 1 aliphatic heterocycles. The first-order chi connectivity index (χ1) is 9.58. The van der Waals surface area contributed by atoms with E-state index in [0.29, 0.717) is 11.1 Å². The van der Waals surface area contributed by atoms with Crippen LogP contribution in [0, 0.1) is 10.8 Å². The van der Waals surface area contributed by atoms with Gasteiger partial charge < -0.3 is 5.73 Å². The first-order valence-corrected chi connectivity index (χ1v) is 7.60. The van der Waals surface area contributed by atoms with Crippen LogP contribution in [0.25, 0.3) is 0 Å². The monoisotopic (exact) mass is 274 g/mol. The van der Waals surface area contributed by atoms with Crippen LogP contribution >= 0.6 is 0 Å². The maximum Gasteiger partial charge on any atom is 0.141 e. The lowest BCUT2D eigenvalue weighted by Crippen LogP contribution is -2.39. The Kier molecular flexibility index (Phi) is 4.76. The zero-order chi connectivity index (χ0) is 14.6.